The molecule has 0 saturated carbocycles. The maximum Gasteiger partial charge on any atom is 0.241 e. The highest BCUT2D eigenvalue weighted by Gasteiger charge is 2.19. The quantitative estimate of drug-likeness (QED) is 0.514. The van der Waals surface area contributed by atoms with Crippen molar-refractivity contribution in [2.24, 2.45) is 0 Å². The van der Waals surface area contributed by atoms with Crippen molar-refractivity contribution in [1.82, 2.24) is 14.6 Å². The molecule has 0 saturated heterocycles. The largest absolute Gasteiger partial charge is 0.356 e. The van der Waals surface area contributed by atoms with Crippen molar-refractivity contribution in [2.75, 3.05) is 13.1 Å². The van der Waals surface area contributed by atoms with Crippen LogP contribution in [0, 0.1) is 20.8 Å². The molecular formula is C23H29N3O3S. The lowest BCUT2D eigenvalue weighted by atomic mass is 10.1. The van der Waals surface area contributed by atoms with E-state index in [4.69, 9.17) is 0 Å². The zero-order valence-electron chi connectivity index (χ0n) is 17.7. The fraction of sp³-hybridized carbons (Fsp3) is 0.348. The third-order valence-electron chi connectivity index (χ3n) is 5.10. The number of amides is 1. The predicted octanol–water partition coefficient (Wildman–Crippen LogP) is 3.44. The van der Waals surface area contributed by atoms with Crippen molar-refractivity contribution in [3.8, 4) is 0 Å². The Morgan fingerprint density at radius 2 is 1.70 bits per heavy atom. The Morgan fingerprint density at radius 3 is 2.43 bits per heavy atom. The molecule has 30 heavy (non-hydrogen) atoms. The number of carbonyl (C=O) groups is 1. The van der Waals surface area contributed by atoms with Gasteiger partial charge in [-0.15, -0.1) is 0 Å². The number of nitrogens with zero attached hydrogens (tertiary/aromatic N) is 1. The highest BCUT2D eigenvalue weighted by Crippen LogP contribution is 2.21. The number of hydrogen-bond donors (Lipinski definition) is 2. The van der Waals surface area contributed by atoms with Crippen molar-refractivity contribution < 1.29 is 13.2 Å². The van der Waals surface area contributed by atoms with E-state index in [1.807, 2.05) is 31.2 Å². The predicted molar refractivity (Wildman–Crippen MR) is 120 cm³/mol. The molecule has 0 aliphatic heterocycles. The fourth-order valence-electron chi connectivity index (χ4n) is 3.86. The molecule has 3 aromatic rings. The van der Waals surface area contributed by atoms with E-state index in [-0.39, 0.29) is 18.9 Å². The number of aryl methyl sites for hydroxylation is 4. The molecule has 0 aliphatic carbocycles. The van der Waals surface area contributed by atoms with Crippen LogP contribution in [0.1, 0.15) is 29.5 Å². The van der Waals surface area contributed by atoms with Crippen LogP contribution in [0.3, 0.4) is 0 Å². The van der Waals surface area contributed by atoms with Gasteiger partial charge in [-0.1, -0.05) is 35.9 Å². The molecule has 6 nitrogen and oxygen atoms in total. The molecule has 0 unspecified atom stereocenters. The molecule has 1 heterocycles. The first-order chi connectivity index (χ1) is 14.3. The van der Waals surface area contributed by atoms with Gasteiger partial charge in [0, 0.05) is 37.8 Å². The molecule has 0 bridgehead atoms. The Balaban J connectivity index is 1.43. The Morgan fingerprint density at radius 1 is 1.00 bits per heavy atom. The Bertz CT molecular complexity index is 1130. The van der Waals surface area contributed by atoms with E-state index in [1.54, 1.807) is 13.8 Å². The van der Waals surface area contributed by atoms with Gasteiger partial charge in [0.25, 0.3) is 0 Å². The highest BCUT2D eigenvalue weighted by atomic mass is 32.2. The SMILES string of the molecule is Cc1cc(C)c(S(=O)(=O)NCCC(=O)NCCCn2ccc3ccccc32)c(C)c1. The van der Waals surface area contributed by atoms with E-state index >= 15 is 0 Å². The molecular weight excluding hydrogens is 398 g/mol. The topological polar surface area (TPSA) is 80.2 Å². The van der Waals surface area contributed by atoms with Crippen molar-refractivity contribution in [3.05, 3.63) is 65.4 Å². The average Bonchev–Trinajstić information content (AvgIpc) is 3.07. The van der Waals surface area contributed by atoms with Crippen LogP contribution < -0.4 is 10.0 Å². The van der Waals surface area contributed by atoms with E-state index in [1.165, 1.54) is 10.9 Å². The Labute approximate surface area is 178 Å². The van der Waals surface area contributed by atoms with E-state index < -0.39 is 10.0 Å². The van der Waals surface area contributed by atoms with Gasteiger partial charge in [-0.3, -0.25) is 4.79 Å². The van der Waals surface area contributed by atoms with Gasteiger partial charge < -0.3 is 9.88 Å². The molecule has 2 N–H and O–H groups in total. The van der Waals surface area contributed by atoms with Crippen LogP contribution in [0.4, 0.5) is 0 Å². The number of sulfonamides is 1. The maximum atomic E-state index is 12.6. The smallest absolute Gasteiger partial charge is 0.241 e. The Kier molecular flexibility index (Phi) is 6.95. The first-order valence-corrected chi connectivity index (χ1v) is 11.6. The summed E-state index contributed by atoms with van der Waals surface area (Å²) in [6.45, 7) is 6.95. The summed E-state index contributed by atoms with van der Waals surface area (Å²) in [6, 6.07) is 14.0. The number of hydrogen-bond acceptors (Lipinski definition) is 3. The van der Waals surface area contributed by atoms with Crippen molar-refractivity contribution in [2.45, 2.75) is 45.1 Å². The fourth-order valence-corrected chi connectivity index (χ4v) is 5.34. The number of nitrogens with one attached hydrogen (secondary N) is 2. The van der Waals surface area contributed by atoms with E-state index in [2.05, 4.69) is 39.0 Å². The summed E-state index contributed by atoms with van der Waals surface area (Å²) in [5.41, 5.74) is 3.63. The number of para-hydroxylation sites is 1. The summed E-state index contributed by atoms with van der Waals surface area (Å²) in [4.78, 5) is 12.4. The molecule has 0 spiro atoms. The van der Waals surface area contributed by atoms with Gasteiger partial charge in [0.1, 0.15) is 0 Å². The van der Waals surface area contributed by atoms with E-state index in [0.29, 0.717) is 22.6 Å². The normalized spacial score (nSPS) is 11.7. The van der Waals surface area contributed by atoms with Gasteiger partial charge >= 0.3 is 0 Å². The van der Waals surface area contributed by atoms with Crippen LogP contribution in [-0.2, 0) is 21.4 Å². The molecule has 0 fully saturated rings. The van der Waals surface area contributed by atoms with Crippen LogP contribution in [0.25, 0.3) is 10.9 Å². The molecule has 160 valence electrons. The molecule has 0 aliphatic rings. The van der Waals surface area contributed by atoms with Gasteiger partial charge in [0.05, 0.1) is 4.90 Å². The summed E-state index contributed by atoms with van der Waals surface area (Å²) in [5, 5.41) is 4.06. The molecule has 1 amide bonds. The number of benzene rings is 2. The van der Waals surface area contributed by atoms with Crippen molar-refractivity contribution in [1.29, 1.82) is 0 Å². The zero-order chi connectivity index (χ0) is 21.7. The van der Waals surface area contributed by atoms with Crippen LogP contribution in [0.2, 0.25) is 0 Å². The summed E-state index contributed by atoms with van der Waals surface area (Å²) in [5.74, 6) is -0.160. The van der Waals surface area contributed by atoms with Gasteiger partial charge in [0.15, 0.2) is 0 Å². The van der Waals surface area contributed by atoms with Crippen LogP contribution in [0.5, 0.6) is 0 Å². The standard InChI is InChI=1S/C23H29N3O3S/c1-17-15-18(2)23(19(3)16-17)30(28,29)25-12-9-22(27)24-11-6-13-26-14-10-20-7-4-5-8-21(20)26/h4-5,7-8,10,14-16,25H,6,9,11-13H2,1-3H3,(H,24,27). The van der Waals surface area contributed by atoms with Crippen LogP contribution >= 0.6 is 0 Å². The molecule has 3 rings (SSSR count). The molecule has 0 radical (unpaired) electrons. The second kappa shape index (κ2) is 9.45. The minimum Gasteiger partial charge on any atom is -0.356 e. The number of fused-ring (bicyclic) bond motifs is 1. The average molecular weight is 428 g/mol. The number of rotatable bonds is 9. The second-order valence-corrected chi connectivity index (χ2v) is 9.35. The lowest BCUT2D eigenvalue weighted by Gasteiger charge is -2.13. The molecule has 0 atom stereocenters. The third kappa shape index (κ3) is 5.29. The van der Waals surface area contributed by atoms with Gasteiger partial charge in [-0.25, -0.2) is 13.1 Å². The van der Waals surface area contributed by atoms with Crippen molar-refractivity contribution >= 4 is 26.8 Å². The second-order valence-electron chi connectivity index (χ2n) is 7.65. The van der Waals surface area contributed by atoms with Crippen molar-refractivity contribution in [3.63, 3.8) is 0 Å². The zero-order valence-corrected chi connectivity index (χ0v) is 18.6. The summed E-state index contributed by atoms with van der Waals surface area (Å²) in [7, 11) is -3.64. The van der Waals surface area contributed by atoms with E-state index in [9.17, 15) is 13.2 Å². The first kappa shape index (κ1) is 22.1. The summed E-state index contributed by atoms with van der Waals surface area (Å²) in [6.07, 6.45) is 2.96. The lowest BCUT2D eigenvalue weighted by Crippen LogP contribution is -2.32. The van der Waals surface area contributed by atoms with Crippen LogP contribution in [-0.4, -0.2) is 32.0 Å². The van der Waals surface area contributed by atoms with E-state index in [0.717, 1.165) is 18.5 Å². The summed E-state index contributed by atoms with van der Waals surface area (Å²) < 4.78 is 30.0. The monoisotopic (exact) mass is 427 g/mol. The highest BCUT2D eigenvalue weighted by molar-refractivity contribution is 7.89. The molecule has 2 aromatic carbocycles. The number of carbonyl (C=O) groups excluding carboxylic acids is 1. The third-order valence-corrected chi connectivity index (χ3v) is 6.86. The number of aromatic nitrogens is 1. The minimum atomic E-state index is -3.64. The minimum absolute atomic E-state index is 0.0726. The Hall–Kier alpha value is -2.64. The van der Waals surface area contributed by atoms with Gasteiger partial charge in [-0.05, 0) is 55.8 Å². The maximum absolute atomic E-state index is 12.6. The lowest BCUT2D eigenvalue weighted by molar-refractivity contribution is -0.120. The van der Waals surface area contributed by atoms with Crippen LogP contribution in [0.15, 0.2) is 53.6 Å². The first-order valence-electron chi connectivity index (χ1n) is 10.2. The van der Waals surface area contributed by atoms with Gasteiger partial charge in [-0.2, -0.15) is 0 Å². The molecule has 7 heteroatoms. The summed E-state index contributed by atoms with van der Waals surface area (Å²) >= 11 is 0. The molecule has 1 aromatic heterocycles. The van der Waals surface area contributed by atoms with Gasteiger partial charge in [0.2, 0.25) is 15.9 Å².